The van der Waals surface area contributed by atoms with Crippen LogP contribution in [0, 0.1) is 0 Å². The van der Waals surface area contributed by atoms with Gasteiger partial charge in [-0.3, -0.25) is 9.80 Å². The van der Waals surface area contributed by atoms with Crippen LogP contribution in [0.15, 0.2) is 133 Å². The Labute approximate surface area is 182 Å². The van der Waals surface area contributed by atoms with Crippen molar-refractivity contribution in [2.24, 2.45) is 0 Å². The minimum atomic E-state index is 1.06. The fraction of sp³-hybridized carbons (Fsp3) is 0.0370. The topological polar surface area (TPSA) is 6.48 Å². The lowest BCUT2D eigenvalue weighted by molar-refractivity contribution is 1.05. The van der Waals surface area contributed by atoms with Gasteiger partial charge in [-0.25, -0.2) is 0 Å². The SMILES string of the molecule is [SiH3]CC=C(N(c1ccccc1)c1ccccc1)N(c1ccccc1)c1ccccc1. The Morgan fingerprint density at radius 2 is 0.767 bits per heavy atom. The molecule has 0 aliphatic heterocycles. The zero-order valence-electron chi connectivity index (χ0n) is 17.2. The number of allylic oxidation sites excluding steroid dienone is 1. The molecule has 0 aromatic heterocycles. The second-order valence-electron chi connectivity index (χ2n) is 6.98. The third-order valence-electron chi connectivity index (χ3n) is 4.90. The Morgan fingerprint density at radius 1 is 0.500 bits per heavy atom. The number of benzene rings is 4. The normalized spacial score (nSPS) is 10.4. The predicted molar refractivity (Wildman–Crippen MR) is 133 cm³/mol. The van der Waals surface area contributed by atoms with Crippen LogP contribution < -0.4 is 9.80 Å². The van der Waals surface area contributed by atoms with E-state index in [4.69, 9.17) is 0 Å². The molecule has 0 heterocycles. The van der Waals surface area contributed by atoms with E-state index in [-0.39, 0.29) is 0 Å². The van der Waals surface area contributed by atoms with Crippen molar-refractivity contribution in [2.75, 3.05) is 9.80 Å². The van der Waals surface area contributed by atoms with Crippen molar-refractivity contribution in [3.63, 3.8) is 0 Å². The number of rotatable bonds is 7. The Balaban J connectivity index is 1.94. The molecule has 0 bridgehead atoms. The highest BCUT2D eigenvalue weighted by molar-refractivity contribution is 6.09. The fourth-order valence-corrected chi connectivity index (χ4v) is 3.97. The summed E-state index contributed by atoms with van der Waals surface area (Å²) >= 11 is 0. The molecule has 0 radical (unpaired) electrons. The standard InChI is InChI=1S/C27H26N2Si/c30-22-21-27(28(23-13-5-1-6-14-23)24-15-7-2-8-16-24)29(25-17-9-3-10-18-25)26-19-11-4-12-20-26/h1-21H,22H2,30H3. The summed E-state index contributed by atoms with van der Waals surface area (Å²) < 4.78 is 0. The van der Waals surface area contributed by atoms with E-state index in [1.165, 1.54) is 0 Å². The fourth-order valence-electron chi connectivity index (χ4n) is 3.60. The van der Waals surface area contributed by atoms with Crippen LogP contribution >= 0.6 is 0 Å². The molecule has 0 amide bonds. The molecule has 4 rings (SSSR count). The Kier molecular flexibility index (Phi) is 6.43. The van der Waals surface area contributed by atoms with Crippen molar-refractivity contribution in [1.29, 1.82) is 0 Å². The van der Waals surface area contributed by atoms with Gasteiger partial charge in [0.25, 0.3) is 0 Å². The predicted octanol–water partition coefficient (Wildman–Crippen LogP) is 6.29. The Morgan fingerprint density at radius 3 is 1.00 bits per heavy atom. The maximum absolute atomic E-state index is 2.35. The van der Waals surface area contributed by atoms with Crippen LogP contribution in [-0.2, 0) is 0 Å². The number of nitrogens with zero attached hydrogens (tertiary/aromatic N) is 2. The quantitative estimate of drug-likeness (QED) is 0.333. The number of hydrogen-bond acceptors (Lipinski definition) is 2. The summed E-state index contributed by atoms with van der Waals surface area (Å²) in [4.78, 5) is 4.69. The molecule has 0 saturated carbocycles. The summed E-state index contributed by atoms with van der Waals surface area (Å²) in [6.45, 7) is 0. The first kappa shape index (κ1) is 19.7. The van der Waals surface area contributed by atoms with Crippen molar-refractivity contribution in [3.8, 4) is 0 Å². The van der Waals surface area contributed by atoms with Gasteiger partial charge < -0.3 is 0 Å². The summed E-state index contributed by atoms with van der Waals surface area (Å²) in [7, 11) is 1.10. The molecule has 4 aromatic carbocycles. The Hall–Kier alpha value is -3.56. The van der Waals surface area contributed by atoms with Gasteiger partial charge >= 0.3 is 0 Å². The molecule has 0 N–H and O–H groups in total. The summed E-state index contributed by atoms with van der Waals surface area (Å²) in [6, 6.07) is 43.4. The summed E-state index contributed by atoms with van der Waals surface area (Å²) in [5, 5.41) is 0. The van der Waals surface area contributed by atoms with Crippen LogP contribution in [0.1, 0.15) is 0 Å². The van der Waals surface area contributed by atoms with E-state index in [0.29, 0.717) is 0 Å². The molecule has 0 unspecified atom stereocenters. The highest BCUT2D eigenvalue weighted by Crippen LogP contribution is 2.37. The third kappa shape index (κ3) is 4.37. The molecule has 3 heteroatoms. The second kappa shape index (κ2) is 9.77. The molecule has 2 nitrogen and oxygen atoms in total. The van der Waals surface area contributed by atoms with Crippen LogP contribution in [0.2, 0.25) is 6.04 Å². The van der Waals surface area contributed by atoms with Crippen LogP contribution in [0.5, 0.6) is 0 Å². The van der Waals surface area contributed by atoms with Gasteiger partial charge in [0.2, 0.25) is 0 Å². The van der Waals surface area contributed by atoms with Crippen molar-refractivity contribution < 1.29 is 0 Å². The molecule has 0 aliphatic carbocycles. The number of hydrogen-bond donors (Lipinski definition) is 0. The highest BCUT2D eigenvalue weighted by atomic mass is 28.1. The lowest BCUT2D eigenvalue weighted by atomic mass is 10.2. The first-order valence-electron chi connectivity index (χ1n) is 10.4. The molecular weight excluding hydrogens is 380 g/mol. The smallest absolute Gasteiger partial charge is 0.118 e. The van der Waals surface area contributed by atoms with Gasteiger partial charge in [-0.15, -0.1) is 0 Å². The van der Waals surface area contributed by atoms with Gasteiger partial charge in [-0.2, -0.15) is 0 Å². The van der Waals surface area contributed by atoms with Crippen LogP contribution in [-0.4, -0.2) is 10.2 Å². The number of anilines is 4. The maximum atomic E-state index is 2.35. The van der Waals surface area contributed by atoms with Gasteiger partial charge in [-0.1, -0.05) is 72.8 Å². The van der Waals surface area contributed by atoms with Gasteiger partial charge in [0.1, 0.15) is 5.82 Å². The molecule has 0 saturated heterocycles. The van der Waals surface area contributed by atoms with Crippen LogP contribution in [0.25, 0.3) is 0 Å². The van der Waals surface area contributed by atoms with Crippen molar-refractivity contribution >= 4 is 33.0 Å². The van der Waals surface area contributed by atoms with E-state index >= 15 is 0 Å². The van der Waals surface area contributed by atoms with Crippen molar-refractivity contribution in [1.82, 2.24) is 0 Å². The van der Waals surface area contributed by atoms with Crippen molar-refractivity contribution in [2.45, 2.75) is 6.04 Å². The minimum Gasteiger partial charge on any atom is -0.296 e. The summed E-state index contributed by atoms with van der Waals surface area (Å²) in [5.74, 6) is 1.14. The molecule has 0 fully saturated rings. The van der Waals surface area contributed by atoms with E-state index in [1.54, 1.807) is 0 Å². The molecular formula is C27H26N2Si. The van der Waals surface area contributed by atoms with Crippen LogP contribution in [0.3, 0.4) is 0 Å². The van der Waals surface area contributed by atoms with Crippen LogP contribution in [0.4, 0.5) is 22.7 Å². The molecule has 0 spiro atoms. The van der Waals surface area contributed by atoms with E-state index in [1.807, 2.05) is 0 Å². The summed E-state index contributed by atoms with van der Waals surface area (Å²) in [5.41, 5.74) is 4.56. The van der Waals surface area contributed by atoms with E-state index in [0.717, 1.165) is 44.9 Å². The van der Waals surface area contributed by atoms with Gasteiger partial charge in [-0.05, 0) is 60.7 Å². The van der Waals surface area contributed by atoms with Gasteiger partial charge in [0.05, 0.1) is 0 Å². The largest absolute Gasteiger partial charge is 0.296 e. The number of para-hydroxylation sites is 4. The first-order valence-corrected chi connectivity index (χ1v) is 11.8. The van der Waals surface area contributed by atoms with E-state index in [2.05, 4.69) is 137 Å². The molecule has 30 heavy (non-hydrogen) atoms. The molecule has 0 aliphatic rings. The monoisotopic (exact) mass is 406 g/mol. The first-order chi connectivity index (χ1) is 14.9. The average Bonchev–Trinajstić information content (AvgIpc) is 2.82. The molecule has 148 valence electrons. The van der Waals surface area contributed by atoms with Gasteiger partial charge in [0, 0.05) is 33.0 Å². The zero-order valence-corrected chi connectivity index (χ0v) is 19.2. The lowest BCUT2D eigenvalue weighted by Gasteiger charge is -2.36. The van der Waals surface area contributed by atoms with Crippen molar-refractivity contribution in [3.05, 3.63) is 133 Å². The second-order valence-corrected chi connectivity index (χ2v) is 7.80. The van der Waals surface area contributed by atoms with E-state index in [9.17, 15) is 0 Å². The minimum absolute atomic E-state index is 1.06. The average molecular weight is 407 g/mol. The summed E-state index contributed by atoms with van der Waals surface area (Å²) in [6.07, 6.45) is 2.35. The Bertz CT molecular complexity index is 901. The molecule has 4 aromatic rings. The third-order valence-corrected chi connectivity index (χ3v) is 5.31. The van der Waals surface area contributed by atoms with E-state index < -0.39 is 0 Å². The van der Waals surface area contributed by atoms with Gasteiger partial charge in [0.15, 0.2) is 0 Å². The zero-order chi connectivity index (χ0) is 20.6. The maximum Gasteiger partial charge on any atom is 0.118 e. The lowest BCUT2D eigenvalue weighted by Crippen LogP contribution is -2.30. The molecule has 0 atom stereocenters. The highest BCUT2D eigenvalue weighted by Gasteiger charge is 2.22.